The van der Waals surface area contributed by atoms with Gasteiger partial charge in [0.05, 0.1) is 16.4 Å². The Hall–Kier alpha value is -2.78. The lowest BCUT2D eigenvalue weighted by Gasteiger charge is -2.20. The number of nitrogens with one attached hydrogen (secondary N) is 1. The number of anilines is 1. The van der Waals surface area contributed by atoms with Crippen LogP contribution in [0.3, 0.4) is 0 Å². The molecular weight excluding hydrogens is 370 g/mol. The number of non-ortho nitro benzene ring substituents is 1. The number of benzene rings is 2. The van der Waals surface area contributed by atoms with Crippen molar-refractivity contribution in [2.24, 2.45) is 0 Å². The number of carbonyl (C=O) groups is 1. The van der Waals surface area contributed by atoms with Gasteiger partial charge in [-0.1, -0.05) is 23.8 Å². The molecule has 0 saturated carbocycles. The molecule has 0 heterocycles. The summed E-state index contributed by atoms with van der Waals surface area (Å²) in [6, 6.07) is 8.99. The van der Waals surface area contributed by atoms with Crippen LogP contribution in [0.1, 0.15) is 16.7 Å². The van der Waals surface area contributed by atoms with Gasteiger partial charge in [0.1, 0.15) is 0 Å². The Morgan fingerprint density at radius 1 is 1.15 bits per heavy atom. The van der Waals surface area contributed by atoms with E-state index in [2.05, 4.69) is 5.32 Å². The van der Waals surface area contributed by atoms with Crippen molar-refractivity contribution in [3.8, 4) is 0 Å². The van der Waals surface area contributed by atoms with Crippen LogP contribution in [0.4, 0.5) is 11.4 Å². The quantitative estimate of drug-likeness (QED) is 0.601. The van der Waals surface area contributed by atoms with Crippen molar-refractivity contribution >= 4 is 27.3 Å². The highest BCUT2D eigenvalue weighted by Gasteiger charge is 2.26. The smallest absolute Gasteiger partial charge is 0.271 e. The number of likely N-dealkylation sites (N-methyl/N-ethyl adjacent to an activating group) is 1. The van der Waals surface area contributed by atoms with Crippen LogP contribution in [0.25, 0.3) is 0 Å². The average Bonchev–Trinajstić information content (AvgIpc) is 2.53. The van der Waals surface area contributed by atoms with Crippen LogP contribution in [0.5, 0.6) is 0 Å². The molecule has 9 heteroatoms. The normalized spacial score (nSPS) is 11.4. The maximum absolute atomic E-state index is 12.9. The van der Waals surface area contributed by atoms with Crippen LogP contribution in [0.2, 0.25) is 0 Å². The van der Waals surface area contributed by atoms with Gasteiger partial charge in [-0.05, 0) is 38.0 Å². The minimum absolute atomic E-state index is 0.167. The Bertz CT molecular complexity index is 979. The first-order valence-corrected chi connectivity index (χ1v) is 9.55. The summed E-state index contributed by atoms with van der Waals surface area (Å²) in [7, 11) is -2.54. The highest BCUT2D eigenvalue weighted by Crippen LogP contribution is 2.24. The van der Waals surface area contributed by atoms with Crippen molar-refractivity contribution in [3.63, 3.8) is 0 Å². The van der Waals surface area contributed by atoms with Gasteiger partial charge in [0, 0.05) is 24.9 Å². The lowest BCUT2D eigenvalue weighted by Crippen LogP contribution is -2.35. The van der Waals surface area contributed by atoms with E-state index in [-0.39, 0.29) is 16.3 Å². The molecule has 0 fully saturated rings. The van der Waals surface area contributed by atoms with Gasteiger partial charge in [-0.25, -0.2) is 8.42 Å². The SMILES string of the molecule is Cc1cc(C)c(S(=O)(=O)N(C)CC(=O)Nc2cccc([N+](=O)[O-])c2)c(C)c1. The fraction of sp³-hybridized carbons (Fsp3) is 0.278. The van der Waals surface area contributed by atoms with Gasteiger partial charge in [0.15, 0.2) is 0 Å². The van der Waals surface area contributed by atoms with Crippen LogP contribution in [0, 0.1) is 30.9 Å². The van der Waals surface area contributed by atoms with E-state index in [9.17, 15) is 23.3 Å². The van der Waals surface area contributed by atoms with E-state index in [0.717, 1.165) is 9.87 Å². The van der Waals surface area contributed by atoms with Crippen molar-refractivity contribution in [1.82, 2.24) is 4.31 Å². The van der Waals surface area contributed by atoms with E-state index < -0.39 is 27.4 Å². The monoisotopic (exact) mass is 391 g/mol. The minimum atomic E-state index is -3.86. The van der Waals surface area contributed by atoms with Crippen molar-refractivity contribution in [2.75, 3.05) is 18.9 Å². The summed E-state index contributed by atoms with van der Waals surface area (Å²) in [5.41, 5.74) is 2.23. The maximum Gasteiger partial charge on any atom is 0.271 e. The summed E-state index contributed by atoms with van der Waals surface area (Å²) in [4.78, 5) is 22.6. The van der Waals surface area contributed by atoms with Gasteiger partial charge in [0.2, 0.25) is 15.9 Å². The third-order valence-electron chi connectivity index (χ3n) is 3.98. The molecule has 1 amide bonds. The molecule has 2 aromatic rings. The Morgan fingerprint density at radius 3 is 2.30 bits per heavy atom. The summed E-state index contributed by atoms with van der Waals surface area (Å²) < 4.78 is 26.7. The number of nitro groups is 1. The number of rotatable bonds is 6. The van der Waals surface area contributed by atoms with Gasteiger partial charge in [-0.3, -0.25) is 14.9 Å². The van der Waals surface area contributed by atoms with E-state index in [1.165, 1.54) is 31.3 Å². The second-order valence-electron chi connectivity index (χ2n) is 6.34. The number of hydrogen-bond donors (Lipinski definition) is 1. The molecule has 0 aromatic heterocycles. The van der Waals surface area contributed by atoms with E-state index in [4.69, 9.17) is 0 Å². The summed E-state index contributed by atoms with van der Waals surface area (Å²) in [6.45, 7) is 4.89. The first kappa shape index (κ1) is 20.5. The standard InChI is InChI=1S/C18H21N3O5S/c1-12-8-13(2)18(14(3)9-12)27(25,26)20(4)11-17(22)19-15-6-5-7-16(10-15)21(23)24/h5-10H,11H2,1-4H3,(H,19,22). The Morgan fingerprint density at radius 2 is 1.74 bits per heavy atom. The van der Waals surface area contributed by atoms with Crippen LogP contribution in [0.15, 0.2) is 41.3 Å². The predicted octanol–water partition coefficient (Wildman–Crippen LogP) is 2.78. The van der Waals surface area contributed by atoms with Crippen LogP contribution < -0.4 is 5.32 Å². The Labute approximate surface area is 158 Å². The van der Waals surface area contributed by atoms with Gasteiger partial charge in [0.25, 0.3) is 5.69 Å². The third-order valence-corrected chi connectivity index (χ3v) is 6.09. The first-order valence-electron chi connectivity index (χ1n) is 8.11. The number of hydrogen-bond acceptors (Lipinski definition) is 5. The molecule has 0 aliphatic heterocycles. The number of sulfonamides is 1. The molecule has 8 nitrogen and oxygen atoms in total. The summed E-state index contributed by atoms with van der Waals surface area (Å²) in [6.07, 6.45) is 0. The van der Waals surface area contributed by atoms with Crippen molar-refractivity contribution < 1.29 is 18.1 Å². The van der Waals surface area contributed by atoms with Gasteiger partial charge in [-0.15, -0.1) is 0 Å². The molecule has 0 radical (unpaired) electrons. The summed E-state index contributed by atoms with van der Waals surface area (Å²) in [5, 5.41) is 13.3. The Balaban J connectivity index is 2.19. The molecule has 2 aromatic carbocycles. The van der Waals surface area contributed by atoms with E-state index >= 15 is 0 Å². The zero-order valence-electron chi connectivity index (χ0n) is 15.5. The lowest BCUT2D eigenvalue weighted by molar-refractivity contribution is -0.384. The molecule has 0 bridgehead atoms. The topological polar surface area (TPSA) is 110 Å². The molecule has 0 unspecified atom stereocenters. The highest BCUT2D eigenvalue weighted by molar-refractivity contribution is 7.89. The Kier molecular flexibility index (Phi) is 5.97. The molecule has 0 aliphatic carbocycles. The molecule has 1 N–H and O–H groups in total. The van der Waals surface area contributed by atoms with Crippen molar-refractivity contribution in [3.05, 3.63) is 63.2 Å². The molecule has 2 rings (SSSR count). The molecule has 27 heavy (non-hydrogen) atoms. The first-order chi connectivity index (χ1) is 12.5. The lowest BCUT2D eigenvalue weighted by atomic mass is 10.1. The molecule has 0 spiro atoms. The molecule has 0 saturated heterocycles. The zero-order valence-corrected chi connectivity index (χ0v) is 16.3. The fourth-order valence-corrected chi connectivity index (χ4v) is 4.44. The molecule has 0 aliphatic rings. The van der Waals surface area contributed by atoms with E-state index in [1.54, 1.807) is 26.0 Å². The van der Waals surface area contributed by atoms with E-state index in [0.29, 0.717) is 11.1 Å². The van der Waals surface area contributed by atoms with Crippen molar-refractivity contribution in [2.45, 2.75) is 25.7 Å². The van der Waals surface area contributed by atoms with Gasteiger partial charge in [-0.2, -0.15) is 4.31 Å². The maximum atomic E-state index is 12.9. The largest absolute Gasteiger partial charge is 0.325 e. The van der Waals surface area contributed by atoms with Crippen LogP contribution in [-0.4, -0.2) is 37.1 Å². The molecule has 0 atom stereocenters. The highest BCUT2D eigenvalue weighted by atomic mass is 32.2. The number of aryl methyl sites for hydroxylation is 3. The fourth-order valence-electron chi connectivity index (χ4n) is 2.91. The van der Waals surface area contributed by atoms with Gasteiger partial charge >= 0.3 is 0 Å². The predicted molar refractivity (Wildman–Crippen MR) is 102 cm³/mol. The van der Waals surface area contributed by atoms with Crippen LogP contribution >= 0.6 is 0 Å². The number of nitro benzene ring substituents is 1. The van der Waals surface area contributed by atoms with Crippen molar-refractivity contribution in [1.29, 1.82) is 0 Å². The third kappa shape index (κ3) is 4.69. The molecule has 144 valence electrons. The summed E-state index contributed by atoms with van der Waals surface area (Å²) >= 11 is 0. The summed E-state index contributed by atoms with van der Waals surface area (Å²) in [5.74, 6) is -0.594. The zero-order chi connectivity index (χ0) is 20.4. The minimum Gasteiger partial charge on any atom is -0.325 e. The number of amides is 1. The number of carbonyl (C=O) groups excluding carboxylic acids is 1. The van der Waals surface area contributed by atoms with Gasteiger partial charge < -0.3 is 5.32 Å². The number of nitrogens with zero attached hydrogens (tertiary/aromatic N) is 2. The van der Waals surface area contributed by atoms with Crippen LogP contribution in [-0.2, 0) is 14.8 Å². The average molecular weight is 391 g/mol. The molecular formula is C18H21N3O5S. The second kappa shape index (κ2) is 7.85. The second-order valence-corrected chi connectivity index (χ2v) is 8.33. The van der Waals surface area contributed by atoms with E-state index in [1.807, 2.05) is 6.92 Å².